The number of nitrogens with two attached hydrogens (primary N) is 1. The summed E-state index contributed by atoms with van der Waals surface area (Å²) in [6, 6.07) is 4.32. The molecule has 0 bridgehead atoms. The van der Waals surface area contributed by atoms with Crippen molar-refractivity contribution in [3.63, 3.8) is 0 Å². The number of fused-ring (bicyclic) bond motifs is 1. The Morgan fingerprint density at radius 3 is 2.77 bits per heavy atom. The second kappa shape index (κ2) is 5.43. The Morgan fingerprint density at radius 2 is 2.09 bits per heavy atom. The van der Waals surface area contributed by atoms with Gasteiger partial charge in [0.15, 0.2) is 17.0 Å². The van der Waals surface area contributed by atoms with E-state index >= 15 is 0 Å². The fourth-order valence-electron chi connectivity index (χ4n) is 2.01. The zero-order valence-electron chi connectivity index (χ0n) is 11.0. The van der Waals surface area contributed by atoms with Crippen LogP contribution in [0.1, 0.15) is 5.69 Å². The highest BCUT2D eigenvalue weighted by Gasteiger charge is 2.34. The molecule has 0 amide bonds. The Labute approximate surface area is 128 Å². The Balaban J connectivity index is 2.03. The maximum absolute atomic E-state index is 14.3. The summed E-state index contributed by atoms with van der Waals surface area (Å²) in [4.78, 5) is 15.4. The molecule has 0 aliphatic rings. The summed E-state index contributed by atoms with van der Waals surface area (Å²) in [5, 5.41) is -0.122. The number of nitrogens with zero attached hydrogens (tertiary/aromatic N) is 5. The Hall–Kier alpha value is -2.39. The molecule has 10 heteroatoms. The van der Waals surface area contributed by atoms with Gasteiger partial charge in [0, 0.05) is 6.20 Å². The van der Waals surface area contributed by atoms with E-state index in [0.717, 1.165) is 0 Å². The summed E-state index contributed by atoms with van der Waals surface area (Å²) >= 11 is 5.76. The largest absolute Gasteiger partial charge is 0.309 e. The van der Waals surface area contributed by atoms with Crippen LogP contribution in [0.4, 0.5) is 14.6 Å². The first kappa shape index (κ1) is 14.5. The smallest absolute Gasteiger partial charge is 0.307 e. The molecular weight excluding hydrogens is 316 g/mol. The number of pyridine rings is 1. The van der Waals surface area contributed by atoms with Crippen molar-refractivity contribution < 1.29 is 8.78 Å². The summed E-state index contributed by atoms with van der Waals surface area (Å²) < 4.78 is 29.8. The molecule has 22 heavy (non-hydrogen) atoms. The highest BCUT2D eigenvalue weighted by Crippen LogP contribution is 2.30. The number of rotatable bonds is 4. The van der Waals surface area contributed by atoms with Crippen molar-refractivity contribution in [2.75, 3.05) is 5.43 Å². The summed E-state index contributed by atoms with van der Waals surface area (Å²) in [6.07, 6.45) is 2.54. The molecule has 0 saturated heterocycles. The maximum atomic E-state index is 14.3. The van der Waals surface area contributed by atoms with Crippen LogP contribution in [0.25, 0.3) is 11.2 Å². The molecule has 3 N–H and O–H groups in total. The third-order valence-electron chi connectivity index (χ3n) is 2.98. The SMILES string of the molecule is NNc1nc(Cl)nc2c1ncn2CC(F)(F)c1ccccn1. The predicted octanol–water partition coefficient (Wildman–Crippen LogP) is 1.95. The van der Waals surface area contributed by atoms with Gasteiger partial charge < -0.3 is 9.99 Å². The highest BCUT2D eigenvalue weighted by atomic mass is 35.5. The molecule has 3 aromatic heterocycles. The number of aromatic nitrogens is 5. The number of nitrogen functional groups attached to an aromatic ring is 1. The van der Waals surface area contributed by atoms with Crippen molar-refractivity contribution in [1.29, 1.82) is 0 Å². The second-order valence-electron chi connectivity index (χ2n) is 4.45. The summed E-state index contributed by atoms with van der Waals surface area (Å²) in [7, 11) is 0. The molecule has 0 spiro atoms. The van der Waals surface area contributed by atoms with Crippen molar-refractivity contribution in [1.82, 2.24) is 24.5 Å². The van der Waals surface area contributed by atoms with Crippen LogP contribution in [-0.4, -0.2) is 24.5 Å². The van der Waals surface area contributed by atoms with Gasteiger partial charge in [-0.2, -0.15) is 18.7 Å². The van der Waals surface area contributed by atoms with Gasteiger partial charge in [0.25, 0.3) is 0 Å². The topological polar surface area (TPSA) is 94.5 Å². The lowest BCUT2D eigenvalue weighted by Gasteiger charge is -2.16. The van der Waals surface area contributed by atoms with Crippen molar-refractivity contribution in [3.8, 4) is 0 Å². The van der Waals surface area contributed by atoms with Crippen LogP contribution in [0.3, 0.4) is 0 Å². The number of hydrogen-bond acceptors (Lipinski definition) is 6. The third kappa shape index (κ3) is 2.55. The molecule has 3 heterocycles. The lowest BCUT2D eigenvalue weighted by molar-refractivity contribution is -0.0256. The Kier molecular flexibility index (Phi) is 3.59. The first-order valence-electron chi connectivity index (χ1n) is 6.15. The monoisotopic (exact) mass is 325 g/mol. The maximum Gasteiger partial charge on any atom is 0.307 e. The van der Waals surface area contributed by atoms with Crippen molar-refractivity contribution in [2.24, 2.45) is 5.84 Å². The van der Waals surface area contributed by atoms with Crippen molar-refractivity contribution >= 4 is 28.6 Å². The van der Waals surface area contributed by atoms with Crippen LogP contribution < -0.4 is 11.3 Å². The minimum Gasteiger partial charge on any atom is -0.309 e. The molecule has 0 aliphatic carbocycles. The zero-order valence-corrected chi connectivity index (χ0v) is 11.8. The lowest BCUT2D eigenvalue weighted by atomic mass is 10.2. The summed E-state index contributed by atoms with van der Waals surface area (Å²) in [5.41, 5.74) is 2.38. The number of anilines is 1. The molecule has 0 fully saturated rings. The Morgan fingerprint density at radius 1 is 1.27 bits per heavy atom. The van der Waals surface area contributed by atoms with Gasteiger partial charge in [-0.3, -0.25) is 4.98 Å². The van der Waals surface area contributed by atoms with Gasteiger partial charge in [0.2, 0.25) is 5.28 Å². The van der Waals surface area contributed by atoms with Gasteiger partial charge in [-0.15, -0.1) is 0 Å². The van der Waals surface area contributed by atoms with E-state index in [9.17, 15) is 8.78 Å². The van der Waals surface area contributed by atoms with Crippen LogP contribution in [0, 0.1) is 0 Å². The van der Waals surface area contributed by atoms with E-state index in [1.807, 2.05) is 0 Å². The van der Waals surface area contributed by atoms with Crippen LogP contribution >= 0.6 is 11.6 Å². The van der Waals surface area contributed by atoms with Gasteiger partial charge in [-0.25, -0.2) is 10.8 Å². The van der Waals surface area contributed by atoms with Gasteiger partial charge in [0.1, 0.15) is 5.69 Å². The number of halogens is 3. The van der Waals surface area contributed by atoms with Gasteiger partial charge in [-0.05, 0) is 23.7 Å². The van der Waals surface area contributed by atoms with Crippen molar-refractivity contribution in [2.45, 2.75) is 12.5 Å². The first-order chi connectivity index (χ1) is 10.5. The summed E-state index contributed by atoms with van der Waals surface area (Å²) in [5.74, 6) is 2.28. The molecule has 3 aromatic rings. The molecule has 0 aliphatic heterocycles. The minimum absolute atomic E-state index is 0.122. The number of alkyl halides is 2. The average Bonchev–Trinajstić information content (AvgIpc) is 2.89. The van der Waals surface area contributed by atoms with Gasteiger partial charge >= 0.3 is 5.92 Å². The first-order valence-corrected chi connectivity index (χ1v) is 6.53. The second-order valence-corrected chi connectivity index (χ2v) is 4.79. The van der Waals surface area contributed by atoms with E-state index in [-0.39, 0.29) is 28.0 Å². The molecule has 0 radical (unpaired) electrons. The predicted molar refractivity (Wildman–Crippen MR) is 76.3 cm³/mol. The third-order valence-corrected chi connectivity index (χ3v) is 3.15. The number of hydrogen-bond donors (Lipinski definition) is 2. The van der Waals surface area contributed by atoms with Gasteiger partial charge in [0.05, 0.1) is 12.9 Å². The van der Waals surface area contributed by atoms with Crippen LogP contribution in [-0.2, 0) is 12.5 Å². The standard InChI is InChI=1S/C12H10ClF2N7/c13-11-19-9(21-16)8-10(20-11)22(6-18-8)5-12(14,15)7-3-1-2-4-17-7/h1-4,6H,5,16H2,(H,19,20,21). The average molecular weight is 326 g/mol. The Bertz CT molecular complexity index is 806. The van der Waals surface area contributed by atoms with Crippen LogP contribution in [0.15, 0.2) is 30.7 Å². The molecular formula is C12H10ClF2N7. The number of nitrogens with one attached hydrogen (secondary N) is 1. The summed E-state index contributed by atoms with van der Waals surface area (Å²) in [6.45, 7) is -0.683. The van der Waals surface area contributed by atoms with Crippen LogP contribution in [0.5, 0.6) is 0 Å². The molecule has 0 saturated carbocycles. The van der Waals surface area contributed by atoms with E-state index in [0.29, 0.717) is 0 Å². The molecule has 3 rings (SSSR count). The quantitative estimate of drug-likeness (QED) is 0.432. The highest BCUT2D eigenvalue weighted by molar-refractivity contribution is 6.28. The molecule has 0 atom stereocenters. The lowest BCUT2D eigenvalue weighted by Crippen LogP contribution is -2.22. The minimum atomic E-state index is -3.19. The van der Waals surface area contributed by atoms with E-state index in [2.05, 4.69) is 25.4 Å². The fraction of sp³-hybridized carbons (Fsp3) is 0.167. The fourth-order valence-corrected chi connectivity index (χ4v) is 2.17. The van der Waals surface area contributed by atoms with E-state index in [1.165, 1.54) is 29.2 Å². The normalized spacial score (nSPS) is 11.8. The number of imidazole rings is 1. The molecule has 0 aromatic carbocycles. The van der Waals surface area contributed by atoms with E-state index in [4.69, 9.17) is 17.4 Å². The molecule has 0 unspecified atom stereocenters. The molecule has 7 nitrogen and oxygen atoms in total. The van der Waals surface area contributed by atoms with Gasteiger partial charge in [-0.1, -0.05) is 6.07 Å². The van der Waals surface area contributed by atoms with E-state index in [1.54, 1.807) is 6.07 Å². The zero-order chi connectivity index (χ0) is 15.7. The number of hydrazine groups is 1. The molecule has 114 valence electrons. The van der Waals surface area contributed by atoms with E-state index < -0.39 is 12.5 Å². The van der Waals surface area contributed by atoms with Crippen LogP contribution in [0.2, 0.25) is 5.28 Å². The van der Waals surface area contributed by atoms with Crippen molar-refractivity contribution in [3.05, 3.63) is 41.7 Å².